The van der Waals surface area contributed by atoms with Crippen LogP contribution in [0.5, 0.6) is 0 Å². The number of carbonyl (C=O) groups excluding carboxylic acids is 1. The van der Waals surface area contributed by atoms with E-state index >= 15 is 0 Å². The molecule has 6 aromatic carbocycles. The maximum Gasteiger partial charge on any atom is 0.335 e. The van der Waals surface area contributed by atoms with Gasteiger partial charge in [-0.2, -0.15) is 0 Å². The fraction of sp³-hybridized carbons (Fsp3) is 0.0303. The van der Waals surface area contributed by atoms with E-state index in [0.29, 0.717) is 12.1 Å². The molecule has 0 fully saturated rings. The van der Waals surface area contributed by atoms with Crippen LogP contribution in [0.3, 0.4) is 0 Å². The highest BCUT2D eigenvalue weighted by Crippen LogP contribution is 2.32. The summed E-state index contributed by atoms with van der Waals surface area (Å²) in [6.45, 7) is 0.402. The molecular formula is C33H23NO3. The predicted molar refractivity (Wildman–Crippen MR) is 149 cm³/mol. The van der Waals surface area contributed by atoms with Crippen molar-refractivity contribution in [1.82, 2.24) is 0 Å². The summed E-state index contributed by atoms with van der Waals surface area (Å²) in [5, 5.41) is 15.1. The normalized spacial score (nSPS) is 11.1. The monoisotopic (exact) mass is 481 g/mol. The van der Waals surface area contributed by atoms with Crippen molar-refractivity contribution >= 4 is 49.9 Å². The number of hydrogen-bond acceptors (Lipinski definition) is 2. The molecule has 0 spiro atoms. The van der Waals surface area contributed by atoms with Crippen molar-refractivity contribution < 1.29 is 14.7 Å². The summed E-state index contributed by atoms with van der Waals surface area (Å²) >= 11 is 0. The fourth-order valence-electron chi connectivity index (χ4n) is 4.96. The third-order valence-corrected chi connectivity index (χ3v) is 6.81. The van der Waals surface area contributed by atoms with Gasteiger partial charge in [0.25, 0.3) is 5.91 Å². The molecule has 1 amide bonds. The minimum absolute atomic E-state index is 0.0905. The van der Waals surface area contributed by atoms with Crippen LogP contribution in [0.15, 0.2) is 121 Å². The van der Waals surface area contributed by atoms with Gasteiger partial charge in [0, 0.05) is 11.3 Å². The molecule has 0 atom stereocenters. The van der Waals surface area contributed by atoms with Gasteiger partial charge in [0.15, 0.2) is 0 Å². The van der Waals surface area contributed by atoms with Crippen LogP contribution in [0.25, 0.3) is 32.3 Å². The molecule has 0 heterocycles. The molecule has 0 radical (unpaired) electrons. The van der Waals surface area contributed by atoms with Crippen molar-refractivity contribution in [3.8, 4) is 0 Å². The van der Waals surface area contributed by atoms with Gasteiger partial charge in [-0.05, 0) is 68.2 Å². The Labute approximate surface area is 214 Å². The number of carboxylic acid groups (broad SMARTS) is 1. The number of anilines is 1. The summed E-state index contributed by atoms with van der Waals surface area (Å²) in [7, 11) is 0. The maximum absolute atomic E-state index is 14.3. The Bertz CT molecular complexity index is 1810. The molecule has 0 aromatic heterocycles. The molecule has 6 rings (SSSR count). The Hall–Kier alpha value is -4.96. The zero-order chi connectivity index (χ0) is 25.4. The zero-order valence-electron chi connectivity index (χ0n) is 20.0. The molecule has 0 aliphatic heterocycles. The number of hydrogen-bond donors (Lipinski definition) is 1. The molecule has 4 heteroatoms. The molecule has 1 N–H and O–H groups in total. The van der Waals surface area contributed by atoms with E-state index in [1.165, 1.54) is 0 Å². The molecular weight excluding hydrogens is 458 g/mol. The number of rotatable bonds is 5. The second-order valence-electron chi connectivity index (χ2n) is 9.12. The lowest BCUT2D eigenvalue weighted by Gasteiger charge is -2.25. The summed E-state index contributed by atoms with van der Waals surface area (Å²) in [4.78, 5) is 27.6. The van der Waals surface area contributed by atoms with Crippen LogP contribution in [0, 0.1) is 0 Å². The Morgan fingerprint density at radius 2 is 1.24 bits per heavy atom. The smallest absolute Gasteiger partial charge is 0.335 e. The minimum atomic E-state index is -0.963. The molecule has 0 saturated carbocycles. The number of carbonyl (C=O) groups is 2. The highest BCUT2D eigenvalue weighted by atomic mass is 16.4. The lowest BCUT2D eigenvalue weighted by Crippen LogP contribution is -2.30. The topological polar surface area (TPSA) is 57.6 Å². The SMILES string of the molecule is O=C(O)c1ccc2cc(N(Cc3ccccc3)C(=O)c3cc4ccccc4c4ccccc34)ccc2c1. The molecule has 0 aliphatic rings. The summed E-state index contributed by atoms with van der Waals surface area (Å²) < 4.78 is 0. The van der Waals surface area contributed by atoms with Gasteiger partial charge in [-0.25, -0.2) is 4.79 Å². The first-order chi connectivity index (χ1) is 18.1. The fourth-order valence-corrected chi connectivity index (χ4v) is 4.96. The molecule has 0 unspecified atom stereocenters. The summed E-state index contributed by atoms with van der Waals surface area (Å²) in [6, 6.07) is 38.8. The second kappa shape index (κ2) is 9.25. The van der Waals surface area contributed by atoms with E-state index in [9.17, 15) is 14.7 Å². The van der Waals surface area contributed by atoms with Crippen LogP contribution in [-0.2, 0) is 6.54 Å². The number of benzene rings is 6. The van der Waals surface area contributed by atoms with E-state index in [1.54, 1.807) is 23.1 Å². The zero-order valence-corrected chi connectivity index (χ0v) is 20.0. The molecule has 0 aliphatic carbocycles. The van der Waals surface area contributed by atoms with Gasteiger partial charge in [-0.3, -0.25) is 4.79 Å². The third-order valence-electron chi connectivity index (χ3n) is 6.81. The van der Waals surface area contributed by atoms with E-state index in [-0.39, 0.29) is 11.5 Å². The number of nitrogens with zero attached hydrogens (tertiary/aromatic N) is 1. The van der Waals surface area contributed by atoms with Gasteiger partial charge >= 0.3 is 5.97 Å². The van der Waals surface area contributed by atoms with Crippen molar-refractivity contribution in [2.75, 3.05) is 4.90 Å². The van der Waals surface area contributed by atoms with Crippen LogP contribution in [0.1, 0.15) is 26.3 Å². The number of fused-ring (bicyclic) bond motifs is 4. The average molecular weight is 482 g/mol. The summed E-state index contributed by atoms with van der Waals surface area (Å²) in [5.41, 5.74) is 2.65. The molecule has 6 aromatic rings. The van der Waals surface area contributed by atoms with Gasteiger partial charge in [-0.1, -0.05) is 91.0 Å². The minimum Gasteiger partial charge on any atom is -0.478 e. The Morgan fingerprint density at radius 3 is 2.03 bits per heavy atom. The first-order valence-corrected chi connectivity index (χ1v) is 12.1. The summed E-state index contributed by atoms with van der Waals surface area (Å²) in [5.74, 6) is -1.05. The van der Waals surface area contributed by atoms with Gasteiger partial charge in [0.1, 0.15) is 0 Å². The lowest BCUT2D eigenvalue weighted by atomic mass is 9.96. The third kappa shape index (κ3) is 4.19. The van der Waals surface area contributed by atoms with E-state index in [1.807, 2.05) is 91.0 Å². The van der Waals surface area contributed by atoms with Gasteiger partial charge in [0.05, 0.1) is 12.1 Å². The van der Waals surface area contributed by atoms with Gasteiger partial charge in [0.2, 0.25) is 0 Å². The number of carboxylic acids is 1. The molecule has 0 bridgehead atoms. The molecule has 37 heavy (non-hydrogen) atoms. The summed E-state index contributed by atoms with van der Waals surface area (Å²) in [6.07, 6.45) is 0. The van der Waals surface area contributed by atoms with Crippen LogP contribution in [-0.4, -0.2) is 17.0 Å². The first kappa shape index (κ1) is 22.5. The van der Waals surface area contributed by atoms with Gasteiger partial charge in [-0.15, -0.1) is 0 Å². The maximum atomic E-state index is 14.3. The second-order valence-corrected chi connectivity index (χ2v) is 9.12. The van der Waals surface area contributed by atoms with Crippen molar-refractivity contribution in [1.29, 1.82) is 0 Å². The highest BCUT2D eigenvalue weighted by molar-refractivity contribution is 6.20. The number of amides is 1. The van der Waals surface area contributed by atoms with Crippen molar-refractivity contribution in [2.24, 2.45) is 0 Å². The predicted octanol–water partition coefficient (Wildman–Crippen LogP) is 7.69. The quantitative estimate of drug-likeness (QED) is 0.257. The standard InChI is InChI=1S/C33H23NO3/c35-32(31-20-25-10-4-5-11-28(25)29-12-6-7-13-30(29)31)34(21-22-8-2-1-3-9-22)27-17-16-23-18-26(33(36)37)15-14-24(23)19-27/h1-20H,21H2,(H,36,37). The van der Waals surface area contributed by atoms with Crippen LogP contribution in [0.4, 0.5) is 5.69 Å². The van der Waals surface area contributed by atoms with E-state index in [4.69, 9.17) is 0 Å². The Balaban J connectivity index is 1.52. The van der Waals surface area contributed by atoms with Crippen LogP contribution < -0.4 is 4.90 Å². The van der Waals surface area contributed by atoms with Crippen molar-refractivity contribution in [3.05, 3.63) is 138 Å². The molecule has 0 saturated heterocycles. The van der Waals surface area contributed by atoms with E-state index in [2.05, 4.69) is 12.1 Å². The number of aromatic carboxylic acids is 1. The van der Waals surface area contributed by atoms with Crippen molar-refractivity contribution in [3.63, 3.8) is 0 Å². The molecule has 178 valence electrons. The Kier molecular flexibility index (Phi) is 5.62. The molecule has 4 nitrogen and oxygen atoms in total. The average Bonchev–Trinajstić information content (AvgIpc) is 2.95. The largest absolute Gasteiger partial charge is 0.478 e. The van der Waals surface area contributed by atoms with E-state index in [0.717, 1.165) is 43.6 Å². The Morgan fingerprint density at radius 1 is 0.595 bits per heavy atom. The van der Waals surface area contributed by atoms with Crippen molar-refractivity contribution in [2.45, 2.75) is 6.54 Å². The van der Waals surface area contributed by atoms with Crippen LogP contribution >= 0.6 is 0 Å². The van der Waals surface area contributed by atoms with E-state index < -0.39 is 5.97 Å². The van der Waals surface area contributed by atoms with Crippen LogP contribution in [0.2, 0.25) is 0 Å². The first-order valence-electron chi connectivity index (χ1n) is 12.1. The van der Waals surface area contributed by atoms with Gasteiger partial charge < -0.3 is 10.0 Å². The lowest BCUT2D eigenvalue weighted by molar-refractivity contribution is 0.0697. The highest BCUT2D eigenvalue weighted by Gasteiger charge is 2.22.